The number of halogens is 2. The van der Waals surface area contributed by atoms with E-state index < -0.39 is 11.6 Å². The first-order valence-corrected chi connectivity index (χ1v) is 5.98. The Hall–Kier alpha value is -2.11. The van der Waals surface area contributed by atoms with Crippen LogP contribution in [0, 0.1) is 18.6 Å². The number of nitrogens with zero attached hydrogens (tertiary/aromatic N) is 2. The Labute approximate surface area is 110 Å². The normalized spacial score (nSPS) is 10.8. The fourth-order valence-corrected chi connectivity index (χ4v) is 1.89. The van der Waals surface area contributed by atoms with Crippen LogP contribution in [0.1, 0.15) is 18.2 Å². The van der Waals surface area contributed by atoms with Gasteiger partial charge in [0.15, 0.2) is 11.6 Å². The van der Waals surface area contributed by atoms with Crippen LogP contribution in [0.4, 0.5) is 26.0 Å². The van der Waals surface area contributed by atoms with Crippen LogP contribution in [0.15, 0.2) is 12.1 Å². The number of nitrogens with two attached hydrogens (primary N) is 1. The summed E-state index contributed by atoms with van der Waals surface area (Å²) in [5, 5.41) is 6.89. The highest BCUT2D eigenvalue weighted by atomic mass is 19.1. The minimum atomic E-state index is -0.665. The van der Waals surface area contributed by atoms with Crippen molar-refractivity contribution >= 4 is 17.2 Å². The molecule has 3 N–H and O–H groups in total. The first kappa shape index (κ1) is 13.3. The van der Waals surface area contributed by atoms with E-state index in [1.165, 1.54) is 16.8 Å². The molecule has 0 unspecified atom stereocenters. The summed E-state index contributed by atoms with van der Waals surface area (Å²) in [6.45, 7) is 3.49. The second-order valence-corrected chi connectivity index (χ2v) is 4.36. The van der Waals surface area contributed by atoms with Crippen molar-refractivity contribution < 1.29 is 8.78 Å². The molecule has 0 fully saturated rings. The molecule has 0 saturated carbocycles. The molecule has 1 heterocycles. The SMILES string of the molecule is CCc1nn(C)c(Nc2c(F)ccc(C)c2F)c1N. The van der Waals surface area contributed by atoms with Crippen LogP contribution >= 0.6 is 0 Å². The lowest BCUT2D eigenvalue weighted by Crippen LogP contribution is -2.05. The minimum Gasteiger partial charge on any atom is -0.394 e. The Kier molecular flexibility index (Phi) is 3.42. The summed E-state index contributed by atoms with van der Waals surface area (Å²) in [5.41, 5.74) is 7.16. The molecule has 102 valence electrons. The summed E-state index contributed by atoms with van der Waals surface area (Å²) in [5.74, 6) is -0.902. The van der Waals surface area contributed by atoms with Crippen molar-refractivity contribution in [3.05, 3.63) is 35.0 Å². The number of rotatable bonds is 3. The van der Waals surface area contributed by atoms with Gasteiger partial charge >= 0.3 is 0 Å². The number of aromatic nitrogens is 2. The molecule has 0 radical (unpaired) electrons. The van der Waals surface area contributed by atoms with Crippen molar-refractivity contribution in [1.82, 2.24) is 9.78 Å². The van der Waals surface area contributed by atoms with Crippen LogP contribution in [0.5, 0.6) is 0 Å². The minimum absolute atomic E-state index is 0.211. The summed E-state index contributed by atoms with van der Waals surface area (Å²) < 4.78 is 29.1. The number of anilines is 3. The van der Waals surface area contributed by atoms with Gasteiger partial charge in [0.05, 0.1) is 11.4 Å². The first-order chi connectivity index (χ1) is 8.95. The van der Waals surface area contributed by atoms with Crippen molar-refractivity contribution in [3.63, 3.8) is 0 Å². The van der Waals surface area contributed by atoms with Gasteiger partial charge < -0.3 is 11.1 Å². The van der Waals surface area contributed by atoms with E-state index in [0.717, 1.165) is 0 Å². The van der Waals surface area contributed by atoms with Crippen LogP contribution in [0.25, 0.3) is 0 Å². The van der Waals surface area contributed by atoms with Gasteiger partial charge in [-0.1, -0.05) is 13.0 Å². The van der Waals surface area contributed by atoms with E-state index in [9.17, 15) is 8.78 Å². The Morgan fingerprint density at radius 3 is 2.63 bits per heavy atom. The van der Waals surface area contributed by atoms with Gasteiger partial charge in [0.25, 0.3) is 0 Å². The van der Waals surface area contributed by atoms with E-state index in [-0.39, 0.29) is 5.69 Å². The zero-order valence-electron chi connectivity index (χ0n) is 11.1. The maximum absolute atomic E-state index is 13.9. The number of aryl methyl sites for hydroxylation is 3. The van der Waals surface area contributed by atoms with Crippen LogP contribution in [0.2, 0.25) is 0 Å². The van der Waals surface area contributed by atoms with Crippen LogP contribution in [0.3, 0.4) is 0 Å². The molecule has 4 nitrogen and oxygen atoms in total. The van der Waals surface area contributed by atoms with Gasteiger partial charge in [-0.05, 0) is 25.0 Å². The van der Waals surface area contributed by atoms with Gasteiger partial charge in [-0.25, -0.2) is 8.78 Å². The Balaban J connectivity index is 2.48. The molecule has 2 rings (SSSR count). The Bertz CT molecular complexity index is 620. The molecule has 0 saturated heterocycles. The molecule has 0 aliphatic heterocycles. The fraction of sp³-hybridized carbons (Fsp3) is 0.308. The molecule has 1 aromatic heterocycles. The third-order valence-electron chi connectivity index (χ3n) is 3.02. The van der Waals surface area contributed by atoms with E-state index >= 15 is 0 Å². The Morgan fingerprint density at radius 1 is 1.37 bits per heavy atom. The van der Waals surface area contributed by atoms with Gasteiger partial charge in [0.2, 0.25) is 0 Å². The number of nitrogens with one attached hydrogen (secondary N) is 1. The smallest absolute Gasteiger partial charge is 0.152 e. The van der Waals surface area contributed by atoms with E-state index in [1.807, 2.05) is 6.92 Å². The summed E-state index contributed by atoms with van der Waals surface area (Å²) in [6.07, 6.45) is 0.653. The molecular weight excluding hydrogens is 250 g/mol. The van der Waals surface area contributed by atoms with Gasteiger partial charge in [-0.3, -0.25) is 4.68 Å². The van der Waals surface area contributed by atoms with E-state index in [2.05, 4.69) is 10.4 Å². The molecule has 0 aliphatic rings. The van der Waals surface area contributed by atoms with E-state index in [1.54, 1.807) is 14.0 Å². The molecular formula is C13H16F2N4. The molecule has 2 aromatic rings. The average molecular weight is 266 g/mol. The average Bonchev–Trinajstić information content (AvgIpc) is 2.65. The van der Waals surface area contributed by atoms with E-state index in [4.69, 9.17) is 5.73 Å². The second kappa shape index (κ2) is 4.87. The molecule has 0 atom stereocenters. The Morgan fingerprint density at radius 2 is 2.05 bits per heavy atom. The van der Waals surface area contributed by atoms with Gasteiger partial charge in [0, 0.05) is 7.05 Å². The maximum atomic E-state index is 13.9. The van der Waals surface area contributed by atoms with Crippen molar-refractivity contribution in [2.24, 2.45) is 7.05 Å². The second-order valence-electron chi connectivity index (χ2n) is 4.36. The molecule has 0 spiro atoms. The van der Waals surface area contributed by atoms with E-state index in [0.29, 0.717) is 29.2 Å². The monoisotopic (exact) mass is 266 g/mol. The number of benzene rings is 1. The predicted molar refractivity (Wildman–Crippen MR) is 71.4 cm³/mol. The quantitative estimate of drug-likeness (QED) is 0.898. The van der Waals surface area contributed by atoms with Gasteiger partial charge in [-0.2, -0.15) is 5.10 Å². The fourth-order valence-electron chi connectivity index (χ4n) is 1.89. The highest BCUT2D eigenvalue weighted by Gasteiger charge is 2.17. The number of hydrogen-bond donors (Lipinski definition) is 2. The third-order valence-corrected chi connectivity index (χ3v) is 3.02. The number of nitrogen functional groups attached to an aromatic ring is 1. The molecule has 0 aliphatic carbocycles. The van der Waals surface area contributed by atoms with Crippen LogP contribution < -0.4 is 11.1 Å². The van der Waals surface area contributed by atoms with Crippen molar-refractivity contribution in [2.75, 3.05) is 11.1 Å². The topological polar surface area (TPSA) is 55.9 Å². The summed E-state index contributed by atoms with van der Waals surface area (Å²) in [7, 11) is 1.67. The van der Waals surface area contributed by atoms with Crippen molar-refractivity contribution in [3.8, 4) is 0 Å². The summed E-state index contributed by atoms with van der Waals surface area (Å²) in [6, 6.07) is 2.61. The van der Waals surface area contributed by atoms with Crippen molar-refractivity contribution in [2.45, 2.75) is 20.3 Å². The number of hydrogen-bond acceptors (Lipinski definition) is 3. The summed E-state index contributed by atoms with van der Waals surface area (Å²) in [4.78, 5) is 0. The maximum Gasteiger partial charge on any atom is 0.152 e. The lowest BCUT2D eigenvalue weighted by Gasteiger charge is -2.11. The first-order valence-electron chi connectivity index (χ1n) is 5.98. The van der Waals surface area contributed by atoms with Crippen molar-refractivity contribution in [1.29, 1.82) is 0 Å². The summed E-state index contributed by atoms with van der Waals surface area (Å²) >= 11 is 0. The lowest BCUT2D eigenvalue weighted by molar-refractivity contribution is 0.584. The molecule has 6 heteroatoms. The van der Waals surface area contributed by atoms with Crippen LogP contribution in [-0.2, 0) is 13.5 Å². The molecule has 0 bridgehead atoms. The standard InChI is InChI=1S/C13H16F2N4/c1-4-9-11(16)13(19(3)18-9)17-12-8(14)6-5-7(2)10(12)15/h5-6,17H,4,16H2,1-3H3. The lowest BCUT2D eigenvalue weighted by atomic mass is 10.2. The molecule has 0 amide bonds. The van der Waals surface area contributed by atoms with Gasteiger partial charge in [-0.15, -0.1) is 0 Å². The zero-order valence-corrected chi connectivity index (χ0v) is 11.1. The largest absolute Gasteiger partial charge is 0.394 e. The highest BCUT2D eigenvalue weighted by molar-refractivity contribution is 5.72. The van der Waals surface area contributed by atoms with Crippen LogP contribution in [-0.4, -0.2) is 9.78 Å². The predicted octanol–water partition coefficient (Wildman–Crippen LogP) is 2.89. The molecule has 19 heavy (non-hydrogen) atoms. The zero-order chi connectivity index (χ0) is 14.2. The van der Waals surface area contributed by atoms with Gasteiger partial charge in [0.1, 0.15) is 11.5 Å². The highest BCUT2D eigenvalue weighted by Crippen LogP contribution is 2.30. The third kappa shape index (κ3) is 2.25. The molecule has 1 aromatic carbocycles.